The molecule has 2 aromatic rings. The SMILES string of the molecule is C[Si](C)(C)C#C/C=C/CN1CCCCC1c1cccc2ccccc12. The van der Waals surface area contributed by atoms with Crippen LogP contribution in [0.3, 0.4) is 0 Å². The first kappa shape index (κ1) is 18.0. The zero-order chi connectivity index (χ0) is 17.7. The molecule has 0 saturated carbocycles. The highest BCUT2D eigenvalue weighted by atomic mass is 28.3. The van der Waals surface area contributed by atoms with E-state index in [4.69, 9.17) is 0 Å². The van der Waals surface area contributed by atoms with E-state index in [1.165, 1.54) is 42.1 Å². The molecule has 1 aliphatic rings. The molecule has 1 aliphatic heterocycles. The van der Waals surface area contributed by atoms with Crippen LogP contribution in [0.15, 0.2) is 54.6 Å². The molecule has 0 radical (unpaired) electrons. The van der Waals surface area contributed by atoms with Gasteiger partial charge >= 0.3 is 0 Å². The lowest BCUT2D eigenvalue weighted by Gasteiger charge is -2.36. The molecule has 130 valence electrons. The summed E-state index contributed by atoms with van der Waals surface area (Å²) < 4.78 is 0. The first-order valence-corrected chi connectivity index (χ1v) is 12.9. The second-order valence-corrected chi connectivity index (χ2v) is 12.7. The molecule has 1 nitrogen and oxygen atoms in total. The lowest BCUT2D eigenvalue weighted by atomic mass is 9.91. The maximum absolute atomic E-state index is 3.41. The number of hydrogen-bond donors (Lipinski definition) is 0. The molecule has 0 amide bonds. The summed E-state index contributed by atoms with van der Waals surface area (Å²) in [6.45, 7) is 9.03. The quantitative estimate of drug-likeness (QED) is 0.501. The zero-order valence-corrected chi connectivity index (χ0v) is 16.8. The number of benzene rings is 2. The van der Waals surface area contributed by atoms with Gasteiger partial charge in [0.1, 0.15) is 8.07 Å². The molecular formula is C23H29NSi. The molecule has 2 aromatic carbocycles. The van der Waals surface area contributed by atoms with Crippen LogP contribution < -0.4 is 0 Å². The molecule has 1 fully saturated rings. The summed E-state index contributed by atoms with van der Waals surface area (Å²) in [5.41, 5.74) is 4.90. The number of rotatable bonds is 3. The molecule has 0 spiro atoms. The molecule has 1 atom stereocenters. The van der Waals surface area contributed by atoms with E-state index in [-0.39, 0.29) is 0 Å². The highest BCUT2D eigenvalue weighted by Gasteiger charge is 2.24. The molecule has 1 heterocycles. The summed E-state index contributed by atoms with van der Waals surface area (Å²) in [5, 5.41) is 2.76. The van der Waals surface area contributed by atoms with Gasteiger partial charge in [-0.25, -0.2) is 0 Å². The fraction of sp³-hybridized carbons (Fsp3) is 0.391. The summed E-state index contributed by atoms with van der Waals surface area (Å²) in [5.74, 6) is 3.25. The van der Waals surface area contributed by atoms with Gasteiger partial charge in [-0.3, -0.25) is 4.90 Å². The van der Waals surface area contributed by atoms with Gasteiger partial charge in [0.2, 0.25) is 0 Å². The molecule has 3 rings (SSSR count). The van der Waals surface area contributed by atoms with Crippen molar-refractivity contribution < 1.29 is 0 Å². The molecule has 0 aliphatic carbocycles. The predicted octanol–water partition coefficient (Wildman–Crippen LogP) is 5.80. The number of likely N-dealkylation sites (tertiary alicyclic amines) is 1. The first-order chi connectivity index (χ1) is 12.0. The molecule has 1 saturated heterocycles. The normalized spacial score (nSPS) is 19.1. The number of fused-ring (bicyclic) bond motifs is 1. The third-order valence-corrected chi connectivity index (χ3v) is 5.68. The molecule has 0 bridgehead atoms. The van der Waals surface area contributed by atoms with Gasteiger partial charge in [0.25, 0.3) is 0 Å². The van der Waals surface area contributed by atoms with Crippen molar-refractivity contribution in [2.24, 2.45) is 0 Å². The maximum atomic E-state index is 3.41. The minimum atomic E-state index is -1.27. The van der Waals surface area contributed by atoms with E-state index in [9.17, 15) is 0 Å². The fourth-order valence-electron chi connectivity index (χ4n) is 3.61. The minimum absolute atomic E-state index is 0.523. The highest BCUT2D eigenvalue weighted by Crippen LogP contribution is 2.34. The van der Waals surface area contributed by atoms with Crippen LogP contribution in [0.4, 0.5) is 0 Å². The standard InChI is InChI=1S/C23H29NSi/c1-25(2,3)19-10-4-8-17-24-18-9-7-16-23(24)22-15-11-13-20-12-5-6-14-21(20)22/h4-6,8,11-15,23H,7,9,16-18H2,1-3H3/b8-4+. The van der Waals surface area contributed by atoms with Crippen LogP contribution >= 0.6 is 0 Å². The Morgan fingerprint density at radius 2 is 1.88 bits per heavy atom. The monoisotopic (exact) mass is 347 g/mol. The average Bonchev–Trinajstić information content (AvgIpc) is 2.60. The number of nitrogens with zero attached hydrogens (tertiary/aromatic N) is 1. The lowest BCUT2D eigenvalue weighted by molar-refractivity contribution is 0.167. The number of allylic oxidation sites excluding steroid dienone is 1. The third kappa shape index (κ3) is 4.84. The average molecular weight is 348 g/mol. The predicted molar refractivity (Wildman–Crippen MR) is 112 cm³/mol. The van der Waals surface area contributed by atoms with Crippen molar-refractivity contribution in [1.82, 2.24) is 4.90 Å². The van der Waals surface area contributed by atoms with Crippen LogP contribution in [0.25, 0.3) is 10.8 Å². The maximum Gasteiger partial charge on any atom is 0.129 e. The van der Waals surface area contributed by atoms with E-state index in [0.29, 0.717) is 6.04 Å². The second-order valence-electron chi connectivity index (χ2n) is 8.00. The Morgan fingerprint density at radius 1 is 1.08 bits per heavy atom. The molecular weight excluding hydrogens is 318 g/mol. The molecule has 2 heteroatoms. The largest absolute Gasteiger partial charge is 0.293 e. The van der Waals surface area contributed by atoms with Crippen molar-refractivity contribution in [2.45, 2.75) is 44.9 Å². The fourth-order valence-corrected chi connectivity index (χ4v) is 4.12. The van der Waals surface area contributed by atoms with Gasteiger partial charge in [0.15, 0.2) is 0 Å². The second kappa shape index (κ2) is 8.04. The Bertz CT molecular complexity index is 799. The molecule has 0 aromatic heterocycles. The van der Waals surface area contributed by atoms with E-state index >= 15 is 0 Å². The van der Waals surface area contributed by atoms with Gasteiger partial charge in [-0.15, -0.1) is 5.54 Å². The van der Waals surface area contributed by atoms with Crippen molar-refractivity contribution in [3.8, 4) is 11.5 Å². The topological polar surface area (TPSA) is 3.24 Å². The van der Waals surface area contributed by atoms with Crippen LogP contribution in [0, 0.1) is 11.5 Å². The van der Waals surface area contributed by atoms with Crippen LogP contribution in [0.2, 0.25) is 19.6 Å². The van der Waals surface area contributed by atoms with Crippen LogP contribution in [-0.2, 0) is 0 Å². The lowest BCUT2D eigenvalue weighted by Crippen LogP contribution is -2.33. The van der Waals surface area contributed by atoms with Crippen molar-refractivity contribution in [1.29, 1.82) is 0 Å². The summed E-state index contributed by atoms with van der Waals surface area (Å²) >= 11 is 0. The Kier molecular flexibility index (Phi) is 5.78. The highest BCUT2D eigenvalue weighted by molar-refractivity contribution is 6.83. The first-order valence-electron chi connectivity index (χ1n) is 9.44. The van der Waals surface area contributed by atoms with Gasteiger partial charge in [0.05, 0.1) is 0 Å². The van der Waals surface area contributed by atoms with Crippen molar-refractivity contribution in [2.75, 3.05) is 13.1 Å². The van der Waals surface area contributed by atoms with Crippen molar-refractivity contribution in [3.05, 3.63) is 60.2 Å². The van der Waals surface area contributed by atoms with Crippen LogP contribution in [-0.4, -0.2) is 26.1 Å². The van der Waals surface area contributed by atoms with E-state index in [1.54, 1.807) is 0 Å². The van der Waals surface area contributed by atoms with Gasteiger partial charge in [-0.05, 0) is 41.8 Å². The zero-order valence-electron chi connectivity index (χ0n) is 15.8. The summed E-state index contributed by atoms with van der Waals surface area (Å²) in [4.78, 5) is 2.62. The van der Waals surface area contributed by atoms with Crippen LogP contribution in [0.1, 0.15) is 30.9 Å². The minimum Gasteiger partial charge on any atom is -0.293 e. The third-order valence-electron chi connectivity index (χ3n) is 4.78. The molecule has 1 unspecified atom stereocenters. The van der Waals surface area contributed by atoms with E-state index in [2.05, 4.69) is 90.6 Å². The smallest absolute Gasteiger partial charge is 0.129 e. The number of hydrogen-bond acceptors (Lipinski definition) is 1. The van der Waals surface area contributed by atoms with Gasteiger partial charge < -0.3 is 0 Å². The summed E-state index contributed by atoms with van der Waals surface area (Å²) in [6.07, 6.45) is 8.19. The Morgan fingerprint density at radius 3 is 2.72 bits per heavy atom. The van der Waals surface area contributed by atoms with Crippen molar-refractivity contribution in [3.63, 3.8) is 0 Å². The van der Waals surface area contributed by atoms with Gasteiger partial charge in [-0.2, -0.15) is 0 Å². The van der Waals surface area contributed by atoms with Crippen molar-refractivity contribution >= 4 is 18.8 Å². The Hall–Kier alpha value is -1.82. The van der Waals surface area contributed by atoms with Crippen LogP contribution in [0.5, 0.6) is 0 Å². The Balaban J connectivity index is 1.79. The number of piperidine rings is 1. The van der Waals surface area contributed by atoms with Gasteiger partial charge in [0, 0.05) is 12.6 Å². The summed E-state index contributed by atoms with van der Waals surface area (Å²) in [7, 11) is -1.27. The van der Waals surface area contributed by atoms with E-state index in [0.717, 1.165) is 6.54 Å². The summed E-state index contributed by atoms with van der Waals surface area (Å²) in [6, 6.07) is 16.0. The Labute approximate surface area is 153 Å². The molecule has 25 heavy (non-hydrogen) atoms. The van der Waals surface area contributed by atoms with E-state index in [1.807, 2.05) is 0 Å². The molecule has 0 N–H and O–H groups in total. The van der Waals surface area contributed by atoms with Gasteiger partial charge in [-0.1, -0.05) is 80.5 Å². The van der Waals surface area contributed by atoms with E-state index < -0.39 is 8.07 Å².